The average Bonchev–Trinajstić information content (AvgIpc) is 3.54. The second-order valence-corrected chi connectivity index (χ2v) is 10.6. The van der Waals surface area contributed by atoms with Crippen molar-refractivity contribution in [3.8, 4) is 19.8 Å². The maximum atomic E-state index is 12.9. The number of nitrogens with zero attached hydrogens (tertiary/aromatic N) is 2. The second-order valence-electron chi connectivity index (χ2n) is 6.67. The van der Waals surface area contributed by atoms with E-state index >= 15 is 0 Å². The Hall–Kier alpha value is -2.72. The third-order valence-corrected chi connectivity index (χ3v) is 9.05. The molecule has 146 valence electrons. The predicted octanol–water partition coefficient (Wildman–Crippen LogP) is 5.32. The first-order valence-electron chi connectivity index (χ1n) is 9.01. The number of aromatic nitrogens is 2. The molecule has 0 radical (unpaired) electrons. The smallest absolute Gasteiger partial charge is 0.256 e. The zero-order valence-corrected chi connectivity index (χ0v) is 18.4. The van der Waals surface area contributed by atoms with Crippen molar-refractivity contribution in [2.75, 3.05) is 0 Å². The number of thiazole rings is 2. The summed E-state index contributed by atoms with van der Waals surface area (Å²) in [7, 11) is 0. The van der Waals surface area contributed by atoms with Gasteiger partial charge in [-0.1, -0.05) is 12.1 Å². The molecular formula is C21H11N3O2S4. The lowest BCUT2D eigenvalue weighted by molar-refractivity contribution is -0.116. The van der Waals surface area contributed by atoms with E-state index in [2.05, 4.69) is 15.3 Å². The fraction of sp³-hybridized carbons (Fsp3) is 0.0476. The number of rotatable bonds is 4. The second kappa shape index (κ2) is 6.92. The molecule has 0 saturated heterocycles. The van der Waals surface area contributed by atoms with Gasteiger partial charge in [-0.2, -0.15) is 0 Å². The Morgan fingerprint density at radius 2 is 1.43 bits per heavy atom. The van der Waals surface area contributed by atoms with E-state index in [4.69, 9.17) is 0 Å². The molecule has 4 aromatic heterocycles. The van der Waals surface area contributed by atoms with E-state index in [9.17, 15) is 9.59 Å². The summed E-state index contributed by atoms with van der Waals surface area (Å²) in [5, 5.41) is 8.71. The van der Waals surface area contributed by atoms with Gasteiger partial charge in [0, 0.05) is 18.8 Å². The summed E-state index contributed by atoms with van der Waals surface area (Å²) in [5.41, 5.74) is 2.33. The number of carbonyl (C=O) groups is 2. The molecule has 0 aromatic carbocycles. The number of ketones is 1. The van der Waals surface area contributed by atoms with Crippen LogP contribution < -0.4 is 5.32 Å². The Morgan fingerprint density at radius 1 is 0.800 bits per heavy atom. The number of nitrogens with one attached hydrogen (secondary N) is 1. The van der Waals surface area contributed by atoms with Crippen molar-refractivity contribution in [3.05, 3.63) is 68.3 Å². The number of Topliss-reactive ketones (excluding diaryl/α,β-unsaturated/α-hetero) is 1. The average molecular weight is 466 g/mol. The van der Waals surface area contributed by atoms with Crippen LogP contribution in [0.1, 0.15) is 16.2 Å². The molecule has 6 rings (SSSR count). The van der Waals surface area contributed by atoms with Gasteiger partial charge in [0.25, 0.3) is 5.91 Å². The molecule has 0 saturated carbocycles. The molecule has 5 nitrogen and oxygen atoms in total. The first kappa shape index (κ1) is 18.1. The van der Waals surface area contributed by atoms with Crippen LogP contribution in [0.5, 0.6) is 0 Å². The topological polar surface area (TPSA) is 72.0 Å². The monoisotopic (exact) mass is 465 g/mol. The highest BCUT2D eigenvalue weighted by atomic mass is 32.1. The van der Waals surface area contributed by atoms with E-state index in [0.29, 0.717) is 16.8 Å². The molecule has 30 heavy (non-hydrogen) atoms. The van der Waals surface area contributed by atoms with Crippen LogP contribution in [0, 0.1) is 0 Å². The van der Waals surface area contributed by atoms with Crippen molar-refractivity contribution < 1.29 is 9.59 Å². The lowest BCUT2D eigenvalue weighted by atomic mass is 10.1. The van der Waals surface area contributed by atoms with Gasteiger partial charge >= 0.3 is 0 Å². The highest BCUT2D eigenvalue weighted by Gasteiger charge is 2.41. The number of hydrogen-bond donors (Lipinski definition) is 1. The van der Waals surface area contributed by atoms with Crippen molar-refractivity contribution in [2.24, 2.45) is 0 Å². The summed E-state index contributed by atoms with van der Waals surface area (Å²) >= 11 is 6.24. The van der Waals surface area contributed by atoms with E-state index in [0.717, 1.165) is 35.1 Å². The Kier molecular flexibility index (Phi) is 4.17. The van der Waals surface area contributed by atoms with Gasteiger partial charge in [-0.15, -0.1) is 45.3 Å². The highest BCUT2D eigenvalue weighted by Crippen LogP contribution is 2.45. The SMILES string of the molecule is O=C1CC(c2cnc(-c3cccs3)s2)=C2C(=O)NC(c3cnc(-c4cccs4)s3)=C12. The third-order valence-electron chi connectivity index (χ3n) is 4.90. The standard InChI is InChI=1S/C21H11N3O2S4/c25-11-7-10(14-8-22-20(29-14)12-3-1-5-27-12)16-17(11)18(24-19(16)26)15-9-23-21(30-15)13-4-2-6-28-13/h1-6,8-9H,7H2,(H,24,26). The third kappa shape index (κ3) is 2.78. The summed E-state index contributed by atoms with van der Waals surface area (Å²) in [5.74, 6) is -0.261. The maximum absolute atomic E-state index is 12.9. The molecule has 1 aliphatic carbocycles. The van der Waals surface area contributed by atoms with Crippen LogP contribution in [-0.2, 0) is 9.59 Å². The Balaban J connectivity index is 1.43. The van der Waals surface area contributed by atoms with Gasteiger partial charge in [0.05, 0.1) is 36.4 Å². The Bertz CT molecular complexity index is 1260. The van der Waals surface area contributed by atoms with Gasteiger partial charge in [-0.3, -0.25) is 9.59 Å². The first-order chi connectivity index (χ1) is 14.7. The summed E-state index contributed by atoms with van der Waals surface area (Å²) in [6.07, 6.45) is 3.73. The van der Waals surface area contributed by atoms with Crippen molar-refractivity contribution in [2.45, 2.75) is 6.42 Å². The van der Waals surface area contributed by atoms with Crippen LogP contribution in [0.25, 0.3) is 31.0 Å². The molecule has 0 unspecified atom stereocenters. The van der Waals surface area contributed by atoms with E-state index in [-0.39, 0.29) is 18.1 Å². The Morgan fingerprint density at radius 3 is 2.07 bits per heavy atom. The van der Waals surface area contributed by atoms with Crippen LogP contribution in [0.15, 0.2) is 58.6 Å². The minimum Gasteiger partial charge on any atom is -0.320 e. The van der Waals surface area contributed by atoms with Crippen molar-refractivity contribution >= 4 is 68.3 Å². The Labute approximate surface area is 187 Å². The molecule has 0 bridgehead atoms. The molecule has 2 aliphatic rings. The number of carbonyl (C=O) groups excluding carboxylic acids is 2. The summed E-state index contributed by atoms with van der Waals surface area (Å²) < 4.78 is 0. The molecule has 9 heteroatoms. The van der Waals surface area contributed by atoms with Crippen LogP contribution in [0.4, 0.5) is 0 Å². The number of thiophene rings is 2. The number of fused-ring (bicyclic) bond motifs is 1. The molecule has 0 spiro atoms. The molecule has 4 aromatic rings. The number of hydrogen-bond acceptors (Lipinski definition) is 8. The molecule has 0 fully saturated rings. The number of amides is 1. The van der Waals surface area contributed by atoms with Gasteiger partial charge < -0.3 is 5.32 Å². The van der Waals surface area contributed by atoms with Crippen molar-refractivity contribution in [3.63, 3.8) is 0 Å². The van der Waals surface area contributed by atoms with E-state index in [1.165, 1.54) is 22.7 Å². The highest BCUT2D eigenvalue weighted by molar-refractivity contribution is 7.22. The van der Waals surface area contributed by atoms with Gasteiger partial charge in [0.15, 0.2) is 5.78 Å². The normalized spacial score (nSPS) is 16.0. The van der Waals surface area contributed by atoms with Gasteiger partial charge in [-0.05, 0) is 28.5 Å². The zero-order chi connectivity index (χ0) is 20.2. The molecule has 0 atom stereocenters. The van der Waals surface area contributed by atoms with Crippen LogP contribution in [-0.4, -0.2) is 21.7 Å². The minimum absolute atomic E-state index is 0.0366. The van der Waals surface area contributed by atoms with E-state index in [1.807, 2.05) is 35.0 Å². The molecule has 1 aliphatic heterocycles. The van der Waals surface area contributed by atoms with Crippen molar-refractivity contribution in [1.29, 1.82) is 0 Å². The number of allylic oxidation sites excluding steroid dienone is 1. The fourth-order valence-corrected chi connectivity index (χ4v) is 7.10. The molecular weight excluding hydrogens is 455 g/mol. The zero-order valence-electron chi connectivity index (χ0n) is 15.2. The summed E-state index contributed by atoms with van der Waals surface area (Å²) in [4.78, 5) is 38.6. The molecule has 1 amide bonds. The van der Waals surface area contributed by atoms with Crippen LogP contribution >= 0.6 is 45.3 Å². The minimum atomic E-state index is -0.224. The predicted molar refractivity (Wildman–Crippen MR) is 122 cm³/mol. The van der Waals surface area contributed by atoms with Crippen LogP contribution in [0.2, 0.25) is 0 Å². The van der Waals surface area contributed by atoms with Gasteiger partial charge in [0.1, 0.15) is 10.0 Å². The maximum Gasteiger partial charge on any atom is 0.256 e. The lowest BCUT2D eigenvalue weighted by Gasteiger charge is -2.01. The van der Waals surface area contributed by atoms with Gasteiger partial charge in [0.2, 0.25) is 0 Å². The van der Waals surface area contributed by atoms with Gasteiger partial charge in [-0.25, -0.2) is 9.97 Å². The molecule has 1 N–H and O–H groups in total. The quantitative estimate of drug-likeness (QED) is 0.443. The first-order valence-corrected chi connectivity index (χ1v) is 12.4. The fourth-order valence-electron chi connectivity index (χ4n) is 3.61. The van der Waals surface area contributed by atoms with Crippen LogP contribution in [0.3, 0.4) is 0 Å². The molecule has 5 heterocycles. The van der Waals surface area contributed by atoms with E-state index in [1.54, 1.807) is 35.1 Å². The van der Waals surface area contributed by atoms with E-state index < -0.39 is 0 Å². The summed E-state index contributed by atoms with van der Waals surface area (Å²) in [6.45, 7) is 0. The summed E-state index contributed by atoms with van der Waals surface area (Å²) in [6, 6.07) is 8.00. The van der Waals surface area contributed by atoms with Crippen molar-refractivity contribution in [1.82, 2.24) is 15.3 Å². The largest absolute Gasteiger partial charge is 0.320 e. The lowest BCUT2D eigenvalue weighted by Crippen LogP contribution is -2.16.